The molecule has 3 heterocycles. The Hall–Kier alpha value is -3.63. The first kappa shape index (κ1) is 26.0. The minimum absolute atomic E-state index is 0.0254. The molecular formula is C27H31F3N6O2. The molecule has 1 aliphatic heterocycles. The summed E-state index contributed by atoms with van der Waals surface area (Å²) in [6, 6.07) is 11.0. The molecule has 0 bridgehead atoms. The molecule has 202 valence electrons. The van der Waals surface area contributed by atoms with Crippen LogP contribution in [0.3, 0.4) is 0 Å². The van der Waals surface area contributed by atoms with Crippen LogP contribution < -0.4 is 0 Å². The van der Waals surface area contributed by atoms with Crippen LogP contribution in [0.15, 0.2) is 42.6 Å². The Morgan fingerprint density at radius 3 is 2.53 bits per heavy atom. The summed E-state index contributed by atoms with van der Waals surface area (Å²) in [7, 11) is 1.83. The molecular weight excluding hydrogens is 497 g/mol. The number of hydrogen-bond donors (Lipinski definition) is 0. The molecule has 3 aromatic rings. The number of rotatable bonds is 5. The van der Waals surface area contributed by atoms with Crippen molar-refractivity contribution in [2.24, 2.45) is 0 Å². The summed E-state index contributed by atoms with van der Waals surface area (Å²) in [5, 5.41) is 8.13. The zero-order chi connectivity index (χ0) is 27.0. The number of fused-ring (bicyclic) bond motifs is 1. The number of likely N-dealkylation sites (tertiary alicyclic amines) is 1. The van der Waals surface area contributed by atoms with E-state index in [4.69, 9.17) is 0 Å². The number of alkyl halides is 3. The van der Waals surface area contributed by atoms with Gasteiger partial charge in [0.15, 0.2) is 5.69 Å². The number of amides is 2. The van der Waals surface area contributed by atoms with Gasteiger partial charge in [-0.2, -0.15) is 23.4 Å². The predicted molar refractivity (Wildman–Crippen MR) is 133 cm³/mol. The zero-order valence-electron chi connectivity index (χ0n) is 21.5. The third kappa shape index (κ3) is 5.19. The van der Waals surface area contributed by atoms with Gasteiger partial charge in [0.25, 0.3) is 5.91 Å². The number of aromatic nitrogens is 4. The van der Waals surface area contributed by atoms with E-state index in [1.807, 2.05) is 25.4 Å². The number of piperidine rings is 1. The number of aryl methyl sites for hydroxylation is 2. The van der Waals surface area contributed by atoms with E-state index >= 15 is 0 Å². The van der Waals surface area contributed by atoms with Crippen molar-refractivity contribution in [2.75, 3.05) is 20.1 Å². The van der Waals surface area contributed by atoms with Gasteiger partial charge in [-0.15, -0.1) is 0 Å². The van der Waals surface area contributed by atoms with Crippen LogP contribution in [0.1, 0.15) is 70.8 Å². The first-order valence-electron chi connectivity index (χ1n) is 12.9. The minimum atomic E-state index is -4.54. The number of nitrogens with zero attached hydrogens (tertiary/aromatic N) is 6. The molecule has 1 atom stereocenters. The molecule has 5 rings (SSSR count). The van der Waals surface area contributed by atoms with Crippen LogP contribution in [-0.2, 0) is 23.9 Å². The molecule has 0 N–H and O–H groups in total. The third-order valence-electron chi connectivity index (χ3n) is 7.70. The maximum atomic E-state index is 13.3. The SMILES string of the molecule is Cc1cc(C(F)(F)F)nn1CC(=O)N1CCC(n2ccc(C(=O)N(C)C3CCCc4ccccc43)n2)CC1. The highest BCUT2D eigenvalue weighted by Gasteiger charge is 2.35. The molecule has 38 heavy (non-hydrogen) atoms. The maximum Gasteiger partial charge on any atom is 0.435 e. The van der Waals surface area contributed by atoms with E-state index < -0.39 is 11.9 Å². The van der Waals surface area contributed by atoms with E-state index in [9.17, 15) is 22.8 Å². The van der Waals surface area contributed by atoms with E-state index in [0.29, 0.717) is 31.6 Å². The number of benzene rings is 1. The summed E-state index contributed by atoms with van der Waals surface area (Å²) in [5.41, 5.74) is 2.17. The van der Waals surface area contributed by atoms with Gasteiger partial charge < -0.3 is 9.80 Å². The largest absolute Gasteiger partial charge is 0.435 e. The highest BCUT2D eigenvalue weighted by atomic mass is 19.4. The maximum absolute atomic E-state index is 13.3. The average molecular weight is 529 g/mol. The third-order valence-corrected chi connectivity index (χ3v) is 7.70. The Morgan fingerprint density at radius 1 is 1.08 bits per heavy atom. The Bertz CT molecular complexity index is 1320. The monoisotopic (exact) mass is 528 g/mol. The van der Waals surface area contributed by atoms with Gasteiger partial charge in [-0.1, -0.05) is 24.3 Å². The molecule has 0 spiro atoms. The molecule has 1 aliphatic carbocycles. The van der Waals surface area contributed by atoms with E-state index in [1.54, 1.807) is 20.5 Å². The second-order valence-electron chi connectivity index (χ2n) is 10.1. The Kier molecular flexibility index (Phi) is 7.02. The molecule has 1 unspecified atom stereocenters. The lowest BCUT2D eigenvalue weighted by molar-refractivity contribution is -0.142. The van der Waals surface area contributed by atoms with Crippen molar-refractivity contribution in [2.45, 2.75) is 63.8 Å². The van der Waals surface area contributed by atoms with Crippen molar-refractivity contribution in [3.8, 4) is 0 Å². The first-order chi connectivity index (χ1) is 18.1. The fourth-order valence-corrected chi connectivity index (χ4v) is 5.52. The van der Waals surface area contributed by atoms with Crippen LogP contribution in [0, 0.1) is 6.92 Å². The van der Waals surface area contributed by atoms with E-state index in [-0.39, 0.29) is 36.1 Å². The molecule has 11 heteroatoms. The van der Waals surface area contributed by atoms with Gasteiger partial charge in [0.05, 0.1) is 12.1 Å². The normalized spacial score (nSPS) is 18.3. The van der Waals surface area contributed by atoms with Crippen molar-refractivity contribution in [3.63, 3.8) is 0 Å². The fourth-order valence-electron chi connectivity index (χ4n) is 5.52. The van der Waals surface area contributed by atoms with E-state index in [0.717, 1.165) is 30.0 Å². The standard InChI is InChI=1S/C27H31F3N6O2/c1-18-16-24(27(28,29)30)32-36(18)17-25(37)34-13-10-20(11-14-34)35-15-12-22(31-35)26(38)33(2)23-9-5-7-19-6-3-4-8-21(19)23/h3-4,6,8,12,15-16,20,23H,5,7,9-11,13-14,17H2,1-2H3. The lowest BCUT2D eigenvalue weighted by Gasteiger charge is -2.33. The Balaban J connectivity index is 1.18. The van der Waals surface area contributed by atoms with Gasteiger partial charge in [-0.25, -0.2) is 0 Å². The van der Waals surface area contributed by atoms with Gasteiger partial charge in [0, 0.05) is 32.0 Å². The second-order valence-corrected chi connectivity index (χ2v) is 10.1. The van der Waals surface area contributed by atoms with Crippen molar-refractivity contribution in [1.29, 1.82) is 0 Å². The molecule has 1 aromatic carbocycles. The molecule has 0 saturated carbocycles. The van der Waals surface area contributed by atoms with Crippen LogP contribution in [-0.4, -0.2) is 61.3 Å². The van der Waals surface area contributed by atoms with Gasteiger partial charge in [-0.3, -0.25) is 19.0 Å². The highest BCUT2D eigenvalue weighted by molar-refractivity contribution is 5.92. The zero-order valence-corrected chi connectivity index (χ0v) is 21.5. The lowest BCUT2D eigenvalue weighted by atomic mass is 9.87. The number of carbonyl (C=O) groups excluding carboxylic acids is 2. The van der Waals surface area contributed by atoms with Gasteiger partial charge >= 0.3 is 6.18 Å². The van der Waals surface area contributed by atoms with Gasteiger partial charge in [0.1, 0.15) is 12.2 Å². The smallest absolute Gasteiger partial charge is 0.341 e. The molecule has 1 fully saturated rings. The fraction of sp³-hybridized carbons (Fsp3) is 0.481. The van der Waals surface area contributed by atoms with Gasteiger partial charge in [0.2, 0.25) is 5.91 Å². The molecule has 2 aromatic heterocycles. The molecule has 1 saturated heterocycles. The Labute approximate surface area is 219 Å². The predicted octanol–water partition coefficient (Wildman–Crippen LogP) is 4.42. The van der Waals surface area contributed by atoms with E-state index in [2.05, 4.69) is 22.3 Å². The van der Waals surface area contributed by atoms with Crippen LogP contribution in [0.4, 0.5) is 13.2 Å². The summed E-state index contributed by atoms with van der Waals surface area (Å²) >= 11 is 0. The van der Waals surface area contributed by atoms with Crippen LogP contribution in [0.2, 0.25) is 0 Å². The number of carbonyl (C=O) groups is 2. The Morgan fingerprint density at radius 2 is 1.82 bits per heavy atom. The average Bonchev–Trinajstić information content (AvgIpc) is 3.55. The summed E-state index contributed by atoms with van der Waals surface area (Å²) in [4.78, 5) is 29.4. The van der Waals surface area contributed by atoms with E-state index in [1.165, 1.54) is 18.1 Å². The summed E-state index contributed by atoms with van der Waals surface area (Å²) in [5.74, 6) is -0.389. The number of hydrogen-bond acceptors (Lipinski definition) is 4. The van der Waals surface area contributed by atoms with Crippen molar-refractivity contribution >= 4 is 11.8 Å². The highest BCUT2D eigenvalue weighted by Crippen LogP contribution is 2.34. The van der Waals surface area contributed by atoms with Crippen molar-refractivity contribution in [1.82, 2.24) is 29.4 Å². The van der Waals surface area contributed by atoms with Crippen LogP contribution in [0.25, 0.3) is 0 Å². The quantitative estimate of drug-likeness (QED) is 0.491. The topological polar surface area (TPSA) is 76.3 Å². The van der Waals surface area contributed by atoms with Gasteiger partial charge in [-0.05, 0) is 62.3 Å². The second kappa shape index (κ2) is 10.3. The lowest BCUT2D eigenvalue weighted by Crippen LogP contribution is -2.41. The van der Waals surface area contributed by atoms with Crippen molar-refractivity contribution < 1.29 is 22.8 Å². The molecule has 0 radical (unpaired) electrons. The molecule has 8 nitrogen and oxygen atoms in total. The first-order valence-corrected chi connectivity index (χ1v) is 12.9. The minimum Gasteiger partial charge on any atom is -0.341 e. The van der Waals surface area contributed by atoms with Crippen LogP contribution in [0.5, 0.6) is 0 Å². The summed E-state index contributed by atoms with van der Waals surface area (Å²) in [6.07, 6.45) is 1.52. The summed E-state index contributed by atoms with van der Waals surface area (Å²) in [6.45, 7) is 2.18. The number of halogens is 3. The van der Waals surface area contributed by atoms with Crippen molar-refractivity contribution in [3.05, 3.63) is 70.8 Å². The molecule has 2 aliphatic rings. The summed E-state index contributed by atoms with van der Waals surface area (Å²) < 4.78 is 41.7. The van der Waals surface area contributed by atoms with Crippen LogP contribution >= 0.6 is 0 Å². The molecule has 2 amide bonds.